The maximum Gasteiger partial charge on any atom is 0.0558 e. The van der Waals surface area contributed by atoms with Crippen molar-refractivity contribution in [1.82, 2.24) is 0 Å². The number of hydrogen-bond donors (Lipinski definition) is 0. The summed E-state index contributed by atoms with van der Waals surface area (Å²) in [6.45, 7) is 0. The largest absolute Gasteiger partial charge is 0.0770 e. The van der Waals surface area contributed by atoms with E-state index in [1.54, 1.807) is 10.8 Å². The summed E-state index contributed by atoms with van der Waals surface area (Å²) in [5.41, 5.74) is 9.99. The van der Waals surface area contributed by atoms with Crippen LogP contribution in [0.25, 0.3) is 0 Å². The van der Waals surface area contributed by atoms with E-state index in [0.29, 0.717) is 11.8 Å². The zero-order valence-corrected chi connectivity index (χ0v) is 12.0. The lowest BCUT2D eigenvalue weighted by Crippen LogP contribution is -2.29. The standard InChI is InChI=1S/C19H13Si/c1-3-8-14-12(6-1)17-13-7-2-4-9-15(13)18(14)19-16(17)10-5-11-20-19/h1-11,17-18H. The molecule has 0 aromatic heterocycles. The van der Waals surface area contributed by atoms with Crippen LogP contribution in [0.5, 0.6) is 0 Å². The summed E-state index contributed by atoms with van der Waals surface area (Å²) in [4.78, 5) is 0. The van der Waals surface area contributed by atoms with Crippen LogP contribution in [0.15, 0.2) is 71.5 Å². The van der Waals surface area contributed by atoms with Crippen molar-refractivity contribution in [3.8, 4) is 0 Å². The first kappa shape index (κ1) is 10.8. The van der Waals surface area contributed by atoms with E-state index in [9.17, 15) is 0 Å². The minimum atomic E-state index is 0.458. The molecule has 1 radical (unpaired) electrons. The maximum absolute atomic E-state index is 2.34. The maximum atomic E-state index is 2.34. The van der Waals surface area contributed by atoms with Crippen molar-refractivity contribution in [3.63, 3.8) is 0 Å². The van der Waals surface area contributed by atoms with Gasteiger partial charge in [0, 0.05) is 11.8 Å². The Bertz CT molecular complexity index is 708. The van der Waals surface area contributed by atoms with Crippen molar-refractivity contribution in [2.45, 2.75) is 11.8 Å². The summed E-state index contributed by atoms with van der Waals surface area (Å²) in [5, 5.41) is 1.65. The summed E-state index contributed by atoms with van der Waals surface area (Å²) in [6.07, 6.45) is 4.58. The molecule has 0 unspecified atom stereocenters. The van der Waals surface area contributed by atoms with Crippen LogP contribution in [-0.4, -0.2) is 14.8 Å². The topological polar surface area (TPSA) is 0 Å². The van der Waals surface area contributed by atoms with Gasteiger partial charge in [-0.05, 0) is 33.0 Å². The van der Waals surface area contributed by atoms with Gasteiger partial charge in [-0.2, -0.15) is 0 Å². The molecule has 1 aliphatic heterocycles. The van der Waals surface area contributed by atoms with E-state index in [-0.39, 0.29) is 0 Å². The normalized spacial score (nSPS) is 24.4. The second-order valence-electron chi connectivity index (χ2n) is 5.66. The van der Waals surface area contributed by atoms with Gasteiger partial charge in [-0.1, -0.05) is 66.4 Å². The van der Waals surface area contributed by atoms with Crippen molar-refractivity contribution < 1.29 is 0 Å². The van der Waals surface area contributed by atoms with E-state index in [2.05, 4.69) is 66.4 Å². The smallest absolute Gasteiger partial charge is 0.0558 e. The van der Waals surface area contributed by atoms with Crippen molar-refractivity contribution >= 4 is 14.8 Å². The molecule has 2 aromatic rings. The average molecular weight is 269 g/mol. The molecule has 6 rings (SSSR count). The summed E-state index contributed by atoms with van der Waals surface area (Å²) >= 11 is 0. The summed E-state index contributed by atoms with van der Waals surface area (Å²) < 4.78 is 0. The van der Waals surface area contributed by atoms with Crippen molar-refractivity contribution in [3.05, 3.63) is 93.7 Å². The van der Waals surface area contributed by atoms with Crippen LogP contribution < -0.4 is 0 Å². The average Bonchev–Trinajstić information content (AvgIpc) is 2.54. The van der Waals surface area contributed by atoms with Gasteiger partial charge < -0.3 is 0 Å². The fraction of sp³-hybridized carbons (Fsp3) is 0.105. The minimum absolute atomic E-state index is 0.458. The highest BCUT2D eigenvalue weighted by atomic mass is 28.2. The quantitative estimate of drug-likeness (QED) is 0.641. The molecule has 20 heavy (non-hydrogen) atoms. The Morgan fingerprint density at radius 1 is 0.700 bits per heavy atom. The zero-order chi connectivity index (χ0) is 13.1. The van der Waals surface area contributed by atoms with Crippen LogP contribution in [0.2, 0.25) is 0 Å². The van der Waals surface area contributed by atoms with E-state index < -0.39 is 0 Å². The second kappa shape index (κ2) is 3.77. The third-order valence-corrected chi connectivity index (χ3v) is 6.01. The zero-order valence-electron chi connectivity index (χ0n) is 11.0. The molecule has 4 aliphatic rings. The van der Waals surface area contributed by atoms with Crippen LogP contribution in [0.3, 0.4) is 0 Å². The molecule has 0 N–H and O–H groups in total. The lowest BCUT2D eigenvalue weighted by atomic mass is 9.64. The Morgan fingerprint density at radius 3 is 1.85 bits per heavy atom. The third kappa shape index (κ3) is 1.19. The van der Waals surface area contributed by atoms with Crippen LogP contribution in [0.4, 0.5) is 0 Å². The minimum Gasteiger partial charge on any atom is -0.0770 e. The number of allylic oxidation sites excluding steroid dienone is 4. The van der Waals surface area contributed by atoms with E-state index >= 15 is 0 Å². The van der Waals surface area contributed by atoms with E-state index in [1.807, 2.05) is 0 Å². The lowest BCUT2D eigenvalue weighted by Gasteiger charge is -2.43. The Labute approximate surface area is 120 Å². The van der Waals surface area contributed by atoms with Gasteiger partial charge in [0.25, 0.3) is 0 Å². The van der Waals surface area contributed by atoms with Crippen LogP contribution >= 0.6 is 0 Å². The van der Waals surface area contributed by atoms with Crippen LogP contribution in [-0.2, 0) is 0 Å². The fourth-order valence-electron chi connectivity index (χ4n) is 4.02. The Kier molecular flexibility index (Phi) is 2.03. The molecule has 0 atom stereocenters. The lowest BCUT2D eigenvalue weighted by molar-refractivity contribution is 0.771. The first-order valence-corrected chi connectivity index (χ1v) is 8.21. The summed E-state index contributed by atoms with van der Waals surface area (Å²) in [5.74, 6) is 0.946. The van der Waals surface area contributed by atoms with Gasteiger partial charge in [-0.25, -0.2) is 0 Å². The molecule has 1 heterocycles. The van der Waals surface area contributed by atoms with E-state index in [1.165, 1.54) is 22.3 Å². The Hall–Kier alpha value is -1.99. The molecule has 0 spiro atoms. The molecule has 2 bridgehead atoms. The highest BCUT2D eigenvalue weighted by Gasteiger charge is 2.41. The molecule has 2 aromatic carbocycles. The monoisotopic (exact) mass is 269 g/mol. The first-order chi connectivity index (χ1) is 9.95. The molecular weight excluding hydrogens is 256 g/mol. The van der Waals surface area contributed by atoms with Crippen molar-refractivity contribution in [2.24, 2.45) is 0 Å². The van der Waals surface area contributed by atoms with Gasteiger partial charge in [0.15, 0.2) is 0 Å². The second-order valence-corrected chi connectivity index (χ2v) is 6.82. The Morgan fingerprint density at radius 2 is 1.25 bits per heavy atom. The highest BCUT2D eigenvalue weighted by Crippen LogP contribution is 2.55. The van der Waals surface area contributed by atoms with Crippen LogP contribution in [0.1, 0.15) is 34.1 Å². The summed E-state index contributed by atoms with van der Waals surface area (Å²) in [7, 11) is 0.841. The SMILES string of the molecule is C1=CC2=C([Si]=C1)C1c3ccccc3C2c2ccccc21. The molecule has 0 saturated carbocycles. The van der Waals surface area contributed by atoms with Gasteiger partial charge in [0.1, 0.15) is 0 Å². The third-order valence-electron chi connectivity index (χ3n) is 4.76. The predicted octanol–water partition coefficient (Wildman–Crippen LogP) is 3.61. The molecule has 0 nitrogen and oxygen atoms in total. The fourth-order valence-corrected chi connectivity index (χ4v) is 5.26. The number of benzene rings is 2. The van der Waals surface area contributed by atoms with Crippen molar-refractivity contribution in [2.75, 3.05) is 0 Å². The molecule has 1 heteroatoms. The molecule has 0 amide bonds. The van der Waals surface area contributed by atoms with Gasteiger partial charge in [-0.3, -0.25) is 0 Å². The van der Waals surface area contributed by atoms with Crippen LogP contribution in [0, 0.1) is 0 Å². The summed E-state index contributed by atoms with van der Waals surface area (Å²) in [6, 6.07) is 18.0. The number of rotatable bonds is 0. The van der Waals surface area contributed by atoms with Gasteiger partial charge in [0.05, 0.1) is 9.13 Å². The molecule has 93 valence electrons. The highest BCUT2D eigenvalue weighted by molar-refractivity contribution is 6.57. The Balaban J connectivity index is 1.91. The predicted molar refractivity (Wildman–Crippen MR) is 84.6 cm³/mol. The molecular formula is C19H13Si. The van der Waals surface area contributed by atoms with Gasteiger partial charge in [-0.15, -0.1) is 0 Å². The first-order valence-electron chi connectivity index (χ1n) is 7.13. The van der Waals surface area contributed by atoms with Gasteiger partial charge in [0.2, 0.25) is 0 Å². The molecule has 3 aliphatic carbocycles. The number of hydrogen-bond acceptors (Lipinski definition) is 0. The molecule has 0 saturated heterocycles. The molecule has 0 fully saturated rings. The van der Waals surface area contributed by atoms with Crippen molar-refractivity contribution in [1.29, 1.82) is 0 Å². The van der Waals surface area contributed by atoms with E-state index in [0.717, 1.165) is 9.13 Å². The van der Waals surface area contributed by atoms with E-state index in [4.69, 9.17) is 0 Å². The van der Waals surface area contributed by atoms with Gasteiger partial charge >= 0.3 is 0 Å².